The van der Waals surface area contributed by atoms with Gasteiger partial charge in [-0.15, -0.1) is 0 Å². The van der Waals surface area contributed by atoms with Crippen molar-refractivity contribution in [1.29, 1.82) is 0 Å². The zero-order chi connectivity index (χ0) is 21.6. The summed E-state index contributed by atoms with van der Waals surface area (Å²) in [6, 6.07) is 21.2. The fourth-order valence-electron chi connectivity index (χ4n) is 3.07. The van der Waals surface area contributed by atoms with Gasteiger partial charge in [0.2, 0.25) is 11.7 Å². The summed E-state index contributed by atoms with van der Waals surface area (Å²) in [6.45, 7) is 0. The molecule has 0 fully saturated rings. The van der Waals surface area contributed by atoms with Crippen LogP contribution < -0.4 is 4.74 Å². The molecule has 0 aliphatic rings. The number of carboxylic acid groups (broad SMARTS) is 1. The van der Waals surface area contributed by atoms with Crippen molar-refractivity contribution in [3.8, 4) is 28.3 Å². The number of aryl methyl sites for hydroxylation is 1. The molecule has 2 heterocycles. The quantitative estimate of drug-likeness (QED) is 0.324. The zero-order valence-electron chi connectivity index (χ0n) is 16.4. The Morgan fingerprint density at radius 1 is 0.839 bits per heavy atom. The molecule has 4 aromatic rings. The Morgan fingerprint density at radius 2 is 1.55 bits per heavy atom. The van der Waals surface area contributed by atoms with Gasteiger partial charge >= 0.3 is 6.16 Å². The van der Waals surface area contributed by atoms with Crippen molar-refractivity contribution in [3.05, 3.63) is 90.6 Å². The number of nitrogens with zero attached hydrogens (tertiary/aromatic N) is 2. The van der Waals surface area contributed by atoms with Gasteiger partial charge in [0.1, 0.15) is 0 Å². The lowest BCUT2D eigenvalue weighted by atomic mass is 10.0. The normalized spacial score (nSPS) is 10.6. The first kappa shape index (κ1) is 20.0. The minimum atomic E-state index is -1.44. The van der Waals surface area contributed by atoms with Crippen molar-refractivity contribution >= 4 is 11.9 Å². The highest BCUT2D eigenvalue weighted by atomic mass is 16.7. The van der Waals surface area contributed by atoms with Crippen LogP contribution in [0, 0.1) is 0 Å². The summed E-state index contributed by atoms with van der Waals surface area (Å²) in [4.78, 5) is 30.9. The highest BCUT2D eigenvalue weighted by molar-refractivity contribution is 5.92. The van der Waals surface area contributed by atoms with Crippen LogP contribution in [-0.4, -0.2) is 27.0 Å². The van der Waals surface area contributed by atoms with Crippen LogP contribution in [0.3, 0.4) is 0 Å². The van der Waals surface area contributed by atoms with Gasteiger partial charge in [0.15, 0.2) is 5.76 Å². The van der Waals surface area contributed by atoms with Crippen LogP contribution >= 0.6 is 0 Å². The number of carbonyl (C=O) groups is 2. The average Bonchev–Trinajstić information content (AvgIpc) is 3.29. The van der Waals surface area contributed by atoms with Gasteiger partial charge in [-0.1, -0.05) is 54.6 Å². The maximum Gasteiger partial charge on any atom is 0.512 e. The molecule has 7 nitrogen and oxygen atoms in total. The maximum atomic E-state index is 12.5. The molecule has 1 N–H and O–H groups in total. The first-order chi connectivity index (χ1) is 15.1. The molecule has 31 heavy (non-hydrogen) atoms. The summed E-state index contributed by atoms with van der Waals surface area (Å²) in [6.07, 6.45) is 2.24. The molecule has 0 saturated heterocycles. The highest BCUT2D eigenvalue weighted by Crippen LogP contribution is 2.23. The van der Waals surface area contributed by atoms with Crippen LogP contribution in [0.4, 0.5) is 4.79 Å². The van der Waals surface area contributed by atoms with E-state index < -0.39 is 6.16 Å². The molecule has 0 saturated carbocycles. The predicted octanol–water partition coefficient (Wildman–Crippen LogP) is 5.28. The summed E-state index contributed by atoms with van der Waals surface area (Å²) < 4.78 is 10.0. The Hall–Kier alpha value is -4.26. The van der Waals surface area contributed by atoms with E-state index in [1.807, 2.05) is 42.5 Å². The largest absolute Gasteiger partial charge is 0.512 e. The van der Waals surface area contributed by atoms with E-state index in [1.165, 1.54) is 18.5 Å². The standard InChI is InChI=1S/C24H18N2O5/c27-20(12-8-16-6-9-18(10-7-16)17-4-2-1-3-5-17)23-26-15-21(30-23)19-11-13-22(25-14-19)31-24(28)29/h1-7,9-11,13-15H,8,12H2,(H,28,29). The topological polar surface area (TPSA) is 103 Å². The smallest absolute Gasteiger partial charge is 0.449 e. The molecule has 154 valence electrons. The molecule has 4 rings (SSSR count). The van der Waals surface area contributed by atoms with E-state index in [0.717, 1.165) is 16.7 Å². The number of oxazole rings is 1. The summed E-state index contributed by atoms with van der Waals surface area (Å²) in [7, 11) is 0. The second-order valence-corrected chi connectivity index (χ2v) is 6.77. The number of benzene rings is 2. The average molecular weight is 414 g/mol. The van der Waals surface area contributed by atoms with Gasteiger partial charge in [-0.25, -0.2) is 14.8 Å². The summed E-state index contributed by atoms with van der Waals surface area (Å²) in [5.74, 6) is 0.147. The minimum absolute atomic E-state index is 0.0294. The van der Waals surface area contributed by atoms with Gasteiger partial charge in [0.25, 0.3) is 5.89 Å². The minimum Gasteiger partial charge on any atom is -0.449 e. The summed E-state index contributed by atoms with van der Waals surface area (Å²) in [5.41, 5.74) is 3.88. The van der Waals surface area contributed by atoms with Gasteiger partial charge in [0, 0.05) is 24.2 Å². The number of Topliss-reactive ketones (excluding diaryl/α,β-unsaturated/α-hetero) is 1. The second kappa shape index (κ2) is 9.04. The molecule has 7 heteroatoms. The van der Waals surface area contributed by atoms with Crippen molar-refractivity contribution < 1.29 is 23.8 Å². The molecule has 0 bridgehead atoms. The lowest BCUT2D eigenvalue weighted by Crippen LogP contribution is -2.04. The molecular weight excluding hydrogens is 396 g/mol. The monoisotopic (exact) mass is 414 g/mol. The molecule has 0 amide bonds. The number of hydrogen-bond acceptors (Lipinski definition) is 6. The number of ether oxygens (including phenoxy) is 1. The number of carbonyl (C=O) groups excluding carboxylic acids is 1. The Balaban J connectivity index is 1.36. The zero-order valence-corrected chi connectivity index (χ0v) is 16.4. The van der Waals surface area contributed by atoms with Crippen molar-refractivity contribution in [3.63, 3.8) is 0 Å². The van der Waals surface area contributed by atoms with Crippen LogP contribution in [0.2, 0.25) is 0 Å². The van der Waals surface area contributed by atoms with E-state index in [9.17, 15) is 9.59 Å². The number of ketones is 1. The third-order valence-corrected chi connectivity index (χ3v) is 4.66. The molecule has 0 atom stereocenters. The fraction of sp³-hybridized carbons (Fsp3) is 0.0833. The van der Waals surface area contributed by atoms with Gasteiger partial charge in [-0.05, 0) is 29.2 Å². The Bertz CT molecular complexity index is 1180. The van der Waals surface area contributed by atoms with E-state index in [0.29, 0.717) is 17.7 Å². The number of rotatable bonds is 7. The number of pyridine rings is 1. The summed E-state index contributed by atoms with van der Waals surface area (Å²) in [5, 5.41) is 8.59. The molecule has 2 aromatic carbocycles. The van der Waals surface area contributed by atoms with E-state index >= 15 is 0 Å². The van der Waals surface area contributed by atoms with Crippen LogP contribution in [0.15, 0.2) is 83.5 Å². The Labute approximate surface area is 178 Å². The lowest BCUT2D eigenvalue weighted by molar-refractivity contribution is 0.0950. The molecular formula is C24H18N2O5. The predicted molar refractivity (Wildman–Crippen MR) is 113 cm³/mol. The third-order valence-electron chi connectivity index (χ3n) is 4.66. The van der Waals surface area contributed by atoms with Crippen molar-refractivity contribution in [2.45, 2.75) is 12.8 Å². The Kier molecular flexibility index (Phi) is 5.84. The fourth-order valence-corrected chi connectivity index (χ4v) is 3.07. The van der Waals surface area contributed by atoms with Crippen LogP contribution in [-0.2, 0) is 6.42 Å². The molecule has 0 spiro atoms. The SMILES string of the molecule is O=C(O)Oc1ccc(-c2cnc(C(=O)CCc3ccc(-c4ccccc4)cc3)o2)cn1. The van der Waals surface area contributed by atoms with E-state index in [2.05, 4.69) is 26.8 Å². The van der Waals surface area contributed by atoms with Crippen LogP contribution in [0.1, 0.15) is 22.7 Å². The number of aromatic nitrogens is 2. The molecule has 0 aliphatic heterocycles. The first-order valence-electron chi connectivity index (χ1n) is 9.59. The van der Waals surface area contributed by atoms with Gasteiger partial charge in [-0.3, -0.25) is 4.79 Å². The molecule has 0 aliphatic carbocycles. The highest BCUT2D eigenvalue weighted by Gasteiger charge is 2.15. The molecule has 2 aromatic heterocycles. The van der Waals surface area contributed by atoms with Gasteiger partial charge in [-0.2, -0.15) is 0 Å². The van der Waals surface area contributed by atoms with Crippen molar-refractivity contribution in [2.24, 2.45) is 0 Å². The van der Waals surface area contributed by atoms with Crippen LogP contribution in [0.5, 0.6) is 5.88 Å². The van der Waals surface area contributed by atoms with Crippen molar-refractivity contribution in [2.75, 3.05) is 0 Å². The maximum absolute atomic E-state index is 12.5. The third kappa shape index (κ3) is 5.02. The second-order valence-electron chi connectivity index (χ2n) is 6.77. The first-order valence-corrected chi connectivity index (χ1v) is 9.59. The van der Waals surface area contributed by atoms with E-state index in [4.69, 9.17) is 9.52 Å². The lowest BCUT2D eigenvalue weighted by Gasteiger charge is -2.04. The van der Waals surface area contributed by atoms with Crippen LogP contribution in [0.25, 0.3) is 22.5 Å². The van der Waals surface area contributed by atoms with Gasteiger partial charge < -0.3 is 14.3 Å². The Morgan fingerprint density at radius 3 is 2.23 bits per heavy atom. The molecule has 0 radical (unpaired) electrons. The van der Waals surface area contributed by atoms with Gasteiger partial charge in [0.05, 0.1) is 6.20 Å². The summed E-state index contributed by atoms with van der Waals surface area (Å²) >= 11 is 0. The van der Waals surface area contributed by atoms with E-state index in [1.54, 1.807) is 6.07 Å². The van der Waals surface area contributed by atoms with E-state index in [-0.39, 0.29) is 24.0 Å². The molecule has 0 unspecified atom stereocenters. The number of hydrogen-bond donors (Lipinski definition) is 1. The van der Waals surface area contributed by atoms with Crippen molar-refractivity contribution in [1.82, 2.24) is 9.97 Å².